The van der Waals surface area contributed by atoms with Gasteiger partial charge < -0.3 is 15.0 Å². The minimum Gasteiger partial charge on any atom is -0.497 e. The molecular weight excluding hydrogens is 266 g/mol. The fourth-order valence-corrected chi connectivity index (χ4v) is 2.26. The van der Waals surface area contributed by atoms with Gasteiger partial charge in [0.05, 0.1) is 12.8 Å². The molecule has 0 fully saturated rings. The number of likely N-dealkylation sites (N-methyl/N-ethyl adjacent to an activating group) is 1. The zero-order chi connectivity index (χ0) is 15.2. The smallest absolute Gasteiger partial charge is 0.119 e. The number of rotatable bonds is 7. The van der Waals surface area contributed by atoms with E-state index in [1.54, 1.807) is 11.8 Å². The first kappa shape index (κ1) is 15.5. The van der Waals surface area contributed by atoms with Crippen molar-refractivity contribution in [2.75, 3.05) is 27.7 Å². The summed E-state index contributed by atoms with van der Waals surface area (Å²) in [7, 11) is 7.72. The summed E-state index contributed by atoms with van der Waals surface area (Å²) in [6, 6.07) is 8.46. The maximum absolute atomic E-state index is 5.30. The van der Waals surface area contributed by atoms with Crippen molar-refractivity contribution in [1.82, 2.24) is 25.2 Å². The normalized spacial score (nSPS) is 12.6. The van der Waals surface area contributed by atoms with Gasteiger partial charge in [-0.3, -0.25) is 4.68 Å². The van der Waals surface area contributed by atoms with E-state index in [1.807, 2.05) is 25.4 Å². The second kappa shape index (κ2) is 7.19. The van der Waals surface area contributed by atoms with Crippen LogP contribution in [0.2, 0.25) is 0 Å². The predicted octanol–water partition coefficient (Wildman–Crippen LogP) is 1.22. The monoisotopic (exact) mass is 289 g/mol. The van der Waals surface area contributed by atoms with E-state index in [9.17, 15) is 0 Å². The number of hydrogen-bond acceptors (Lipinski definition) is 5. The molecule has 0 aliphatic carbocycles. The zero-order valence-electron chi connectivity index (χ0n) is 13.1. The third-order valence-corrected chi connectivity index (χ3v) is 3.40. The first-order chi connectivity index (χ1) is 10.1. The molecule has 0 aliphatic rings. The number of benzene rings is 1. The second-order valence-electron chi connectivity index (χ2n) is 5.27. The van der Waals surface area contributed by atoms with Crippen LogP contribution in [0.15, 0.2) is 30.5 Å². The van der Waals surface area contributed by atoms with E-state index in [1.165, 1.54) is 5.56 Å². The van der Waals surface area contributed by atoms with Gasteiger partial charge in [0.25, 0.3) is 0 Å². The molecule has 0 saturated carbocycles. The van der Waals surface area contributed by atoms with Crippen molar-refractivity contribution in [2.24, 2.45) is 7.05 Å². The summed E-state index contributed by atoms with van der Waals surface area (Å²) in [6.45, 7) is 1.54. The quantitative estimate of drug-likeness (QED) is 0.830. The molecule has 0 spiro atoms. The highest BCUT2D eigenvalue weighted by Crippen LogP contribution is 2.22. The van der Waals surface area contributed by atoms with Crippen molar-refractivity contribution in [3.8, 4) is 5.75 Å². The van der Waals surface area contributed by atoms with Gasteiger partial charge >= 0.3 is 0 Å². The summed E-state index contributed by atoms with van der Waals surface area (Å²) < 4.78 is 7.01. The summed E-state index contributed by atoms with van der Waals surface area (Å²) in [5.74, 6) is 0.883. The number of nitrogens with zero attached hydrogens (tertiary/aromatic N) is 4. The van der Waals surface area contributed by atoms with E-state index in [0.29, 0.717) is 6.54 Å². The Kier molecular flexibility index (Phi) is 5.30. The topological polar surface area (TPSA) is 55.2 Å². The molecule has 1 heterocycles. The molecular formula is C15H23N5O. The number of ether oxygens (including phenoxy) is 1. The van der Waals surface area contributed by atoms with Gasteiger partial charge in [-0.05, 0) is 31.8 Å². The Labute approximate surface area is 125 Å². The lowest BCUT2D eigenvalue weighted by atomic mass is 10.1. The van der Waals surface area contributed by atoms with E-state index >= 15 is 0 Å². The lowest BCUT2D eigenvalue weighted by Crippen LogP contribution is -2.30. The van der Waals surface area contributed by atoms with E-state index < -0.39 is 0 Å². The van der Waals surface area contributed by atoms with Gasteiger partial charge in [-0.15, -0.1) is 5.10 Å². The average Bonchev–Trinajstić information content (AvgIpc) is 2.89. The molecule has 0 bridgehead atoms. The molecule has 6 nitrogen and oxygen atoms in total. The van der Waals surface area contributed by atoms with Crippen LogP contribution >= 0.6 is 0 Å². The third-order valence-electron chi connectivity index (χ3n) is 3.40. The van der Waals surface area contributed by atoms with Crippen molar-refractivity contribution >= 4 is 0 Å². The van der Waals surface area contributed by atoms with E-state index in [4.69, 9.17) is 4.74 Å². The molecule has 1 atom stereocenters. The SMILES string of the molecule is COc1cccc(C(CNCc2cn(C)nn2)N(C)C)c1. The molecule has 1 aromatic heterocycles. The lowest BCUT2D eigenvalue weighted by Gasteiger charge is -2.25. The van der Waals surface area contributed by atoms with Crippen LogP contribution in [0, 0.1) is 0 Å². The summed E-state index contributed by atoms with van der Waals surface area (Å²) in [5.41, 5.74) is 2.17. The molecule has 2 rings (SSSR count). The minimum atomic E-state index is 0.275. The molecule has 21 heavy (non-hydrogen) atoms. The molecule has 114 valence electrons. The van der Waals surface area contributed by atoms with Gasteiger partial charge in [0.1, 0.15) is 5.75 Å². The number of aromatic nitrogens is 3. The largest absolute Gasteiger partial charge is 0.497 e. The van der Waals surface area contributed by atoms with Crippen LogP contribution in [0.4, 0.5) is 0 Å². The van der Waals surface area contributed by atoms with Crippen LogP contribution in [0.3, 0.4) is 0 Å². The highest BCUT2D eigenvalue weighted by atomic mass is 16.5. The first-order valence-corrected chi connectivity index (χ1v) is 6.96. The molecule has 1 unspecified atom stereocenters. The van der Waals surface area contributed by atoms with Crippen molar-refractivity contribution in [2.45, 2.75) is 12.6 Å². The van der Waals surface area contributed by atoms with Crippen molar-refractivity contribution in [1.29, 1.82) is 0 Å². The number of nitrogens with one attached hydrogen (secondary N) is 1. The molecule has 1 N–H and O–H groups in total. The van der Waals surface area contributed by atoms with Crippen molar-refractivity contribution in [3.63, 3.8) is 0 Å². The summed E-state index contributed by atoms with van der Waals surface area (Å²) >= 11 is 0. The lowest BCUT2D eigenvalue weighted by molar-refractivity contribution is 0.287. The van der Waals surface area contributed by atoms with Gasteiger partial charge in [-0.1, -0.05) is 17.3 Å². The Morgan fingerprint density at radius 2 is 2.19 bits per heavy atom. The maximum Gasteiger partial charge on any atom is 0.119 e. The van der Waals surface area contributed by atoms with E-state index in [2.05, 4.69) is 46.8 Å². The predicted molar refractivity (Wildman–Crippen MR) is 82.1 cm³/mol. The van der Waals surface area contributed by atoms with Gasteiger partial charge in [0.15, 0.2) is 0 Å². The maximum atomic E-state index is 5.30. The Balaban J connectivity index is 1.98. The van der Waals surface area contributed by atoms with Crippen molar-refractivity contribution < 1.29 is 4.74 Å². The Bertz CT molecular complexity index is 567. The Hall–Kier alpha value is -1.92. The zero-order valence-corrected chi connectivity index (χ0v) is 13.1. The molecule has 0 amide bonds. The van der Waals surface area contributed by atoms with Gasteiger partial charge in [-0.25, -0.2) is 0 Å². The van der Waals surface area contributed by atoms with Gasteiger partial charge in [-0.2, -0.15) is 0 Å². The third kappa shape index (κ3) is 4.27. The van der Waals surface area contributed by atoms with Crippen LogP contribution in [0.1, 0.15) is 17.3 Å². The summed E-state index contributed by atoms with van der Waals surface area (Å²) in [5, 5.41) is 11.4. The fourth-order valence-electron chi connectivity index (χ4n) is 2.26. The Morgan fingerprint density at radius 3 is 2.81 bits per heavy atom. The average molecular weight is 289 g/mol. The van der Waals surface area contributed by atoms with E-state index in [0.717, 1.165) is 18.0 Å². The van der Waals surface area contributed by atoms with Crippen LogP contribution in [0.5, 0.6) is 5.75 Å². The first-order valence-electron chi connectivity index (χ1n) is 6.96. The number of methoxy groups -OCH3 is 1. The Morgan fingerprint density at radius 1 is 1.38 bits per heavy atom. The number of hydrogen-bond donors (Lipinski definition) is 1. The molecule has 1 aromatic carbocycles. The van der Waals surface area contributed by atoms with Gasteiger partial charge in [0.2, 0.25) is 0 Å². The standard InChI is InChI=1S/C15H23N5O/c1-19(2)15(12-6-5-7-14(8-12)21-4)10-16-9-13-11-20(3)18-17-13/h5-8,11,15-16H,9-10H2,1-4H3. The highest BCUT2D eigenvalue weighted by molar-refractivity contribution is 5.30. The van der Waals surface area contributed by atoms with Gasteiger partial charge in [0, 0.05) is 32.4 Å². The second-order valence-corrected chi connectivity index (χ2v) is 5.27. The molecule has 0 saturated heterocycles. The van der Waals surface area contributed by atoms with Crippen LogP contribution < -0.4 is 10.1 Å². The fraction of sp³-hybridized carbons (Fsp3) is 0.467. The van der Waals surface area contributed by atoms with Crippen molar-refractivity contribution in [3.05, 3.63) is 41.7 Å². The number of aryl methyl sites for hydroxylation is 1. The van der Waals surface area contributed by atoms with Crippen LogP contribution in [0.25, 0.3) is 0 Å². The summed E-state index contributed by atoms with van der Waals surface area (Å²) in [4.78, 5) is 2.19. The highest BCUT2D eigenvalue weighted by Gasteiger charge is 2.14. The molecule has 0 aliphatic heterocycles. The summed E-state index contributed by atoms with van der Waals surface area (Å²) in [6.07, 6.45) is 1.92. The van der Waals surface area contributed by atoms with Crippen LogP contribution in [-0.2, 0) is 13.6 Å². The van der Waals surface area contributed by atoms with Crippen LogP contribution in [-0.4, -0.2) is 47.6 Å². The molecule has 6 heteroatoms. The molecule has 2 aromatic rings. The molecule has 0 radical (unpaired) electrons. The minimum absolute atomic E-state index is 0.275. The van der Waals surface area contributed by atoms with E-state index in [-0.39, 0.29) is 6.04 Å².